The van der Waals surface area contributed by atoms with Crippen LogP contribution in [0.25, 0.3) is 0 Å². The molecule has 128 valence electrons. The molecule has 0 aliphatic carbocycles. The van der Waals surface area contributed by atoms with Gasteiger partial charge in [0.2, 0.25) is 0 Å². The Morgan fingerprint density at radius 2 is 1.87 bits per heavy atom. The zero-order chi connectivity index (χ0) is 16.8. The van der Waals surface area contributed by atoms with Crippen LogP contribution in [0.4, 0.5) is 16.2 Å². The average Bonchev–Trinajstić information content (AvgIpc) is 2.53. The summed E-state index contributed by atoms with van der Waals surface area (Å²) in [6, 6.07) is 7.84. The lowest BCUT2D eigenvalue weighted by Gasteiger charge is -2.32. The van der Waals surface area contributed by atoms with Gasteiger partial charge in [-0.25, -0.2) is 4.79 Å². The number of hydrogen-bond acceptors (Lipinski definition) is 3. The second-order valence-corrected chi connectivity index (χ2v) is 6.59. The highest BCUT2D eigenvalue weighted by atomic mass is 16.3. The number of amides is 2. The van der Waals surface area contributed by atoms with Crippen molar-refractivity contribution in [2.45, 2.75) is 52.2 Å². The molecule has 0 bridgehead atoms. The summed E-state index contributed by atoms with van der Waals surface area (Å²) in [5, 5.41) is 12.6. The predicted octanol–water partition coefficient (Wildman–Crippen LogP) is 3.30. The highest BCUT2D eigenvalue weighted by Gasteiger charge is 2.21. The number of anilines is 2. The molecule has 1 heterocycles. The van der Waals surface area contributed by atoms with Gasteiger partial charge in [-0.1, -0.05) is 12.1 Å². The highest BCUT2D eigenvalue weighted by molar-refractivity contribution is 5.93. The van der Waals surface area contributed by atoms with E-state index in [1.807, 2.05) is 32.0 Å². The third kappa shape index (κ3) is 4.86. The maximum absolute atomic E-state index is 12.6. The molecule has 1 fully saturated rings. The van der Waals surface area contributed by atoms with Crippen LogP contribution in [0.1, 0.15) is 40.0 Å². The number of carbonyl (C=O) groups is 1. The second-order valence-electron chi connectivity index (χ2n) is 6.59. The van der Waals surface area contributed by atoms with Crippen LogP contribution in [0, 0.1) is 0 Å². The van der Waals surface area contributed by atoms with Crippen molar-refractivity contribution in [2.75, 3.05) is 29.9 Å². The number of rotatable bonds is 5. The van der Waals surface area contributed by atoms with Crippen LogP contribution in [0.5, 0.6) is 0 Å². The van der Waals surface area contributed by atoms with E-state index < -0.39 is 6.10 Å². The van der Waals surface area contributed by atoms with E-state index >= 15 is 0 Å². The van der Waals surface area contributed by atoms with Crippen LogP contribution < -0.4 is 10.2 Å². The van der Waals surface area contributed by atoms with Crippen molar-refractivity contribution in [3.05, 3.63) is 24.3 Å². The first-order chi connectivity index (χ1) is 11.0. The summed E-state index contributed by atoms with van der Waals surface area (Å²) in [5.41, 5.74) is 1.93. The molecule has 0 spiro atoms. The van der Waals surface area contributed by atoms with Gasteiger partial charge in [0, 0.05) is 25.7 Å². The van der Waals surface area contributed by atoms with Gasteiger partial charge in [-0.15, -0.1) is 0 Å². The molecule has 2 N–H and O–H groups in total. The Morgan fingerprint density at radius 3 is 2.48 bits per heavy atom. The maximum atomic E-state index is 12.6. The molecule has 2 amide bonds. The molecule has 1 aliphatic heterocycles. The summed E-state index contributed by atoms with van der Waals surface area (Å²) in [5.74, 6) is 0. The monoisotopic (exact) mass is 319 g/mol. The van der Waals surface area contributed by atoms with Gasteiger partial charge in [-0.05, 0) is 52.2 Å². The average molecular weight is 319 g/mol. The number of urea groups is 1. The van der Waals surface area contributed by atoms with E-state index in [1.54, 1.807) is 11.8 Å². The molecule has 0 aromatic heterocycles. The molecular weight excluding hydrogens is 290 g/mol. The first kappa shape index (κ1) is 17.6. The smallest absolute Gasteiger partial charge is 0.322 e. The van der Waals surface area contributed by atoms with Gasteiger partial charge in [-0.3, -0.25) is 0 Å². The summed E-state index contributed by atoms with van der Waals surface area (Å²) >= 11 is 0. The van der Waals surface area contributed by atoms with Crippen molar-refractivity contribution in [3.8, 4) is 0 Å². The van der Waals surface area contributed by atoms with Crippen LogP contribution in [0.3, 0.4) is 0 Å². The van der Waals surface area contributed by atoms with Crippen LogP contribution in [0.15, 0.2) is 24.3 Å². The van der Waals surface area contributed by atoms with Gasteiger partial charge in [0.15, 0.2) is 0 Å². The number of nitrogens with one attached hydrogen (secondary N) is 1. The lowest BCUT2D eigenvalue weighted by Crippen LogP contribution is -2.44. The number of para-hydroxylation sites is 2. The topological polar surface area (TPSA) is 55.8 Å². The van der Waals surface area contributed by atoms with Crippen LogP contribution >= 0.6 is 0 Å². The number of aliphatic hydroxyl groups is 1. The van der Waals surface area contributed by atoms with E-state index in [0.29, 0.717) is 6.54 Å². The summed E-state index contributed by atoms with van der Waals surface area (Å²) < 4.78 is 0. The molecule has 1 unspecified atom stereocenters. The van der Waals surface area contributed by atoms with Gasteiger partial charge in [0.1, 0.15) is 0 Å². The van der Waals surface area contributed by atoms with E-state index in [1.165, 1.54) is 19.3 Å². The van der Waals surface area contributed by atoms with E-state index in [-0.39, 0.29) is 12.1 Å². The zero-order valence-corrected chi connectivity index (χ0v) is 14.5. The van der Waals surface area contributed by atoms with Gasteiger partial charge in [-0.2, -0.15) is 0 Å². The minimum atomic E-state index is -0.541. The first-order valence-corrected chi connectivity index (χ1v) is 8.58. The first-order valence-electron chi connectivity index (χ1n) is 8.58. The maximum Gasteiger partial charge on any atom is 0.322 e. The molecule has 1 atom stereocenters. The Morgan fingerprint density at radius 1 is 1.22 bits per heavy atom. The number of nitrogens with zero attached hydrogens (tertiary/aromatic N) is 2. The van der Waals surface area contributed by atoms with Crippen LogP contribution in [0.2, 0.25) is 0 Å². The van der Waals surface area contributed by atoms with E-state index in [2.05, 4.69) is 16.3 Å². The molecule has 1 aromatic carbocycles. The van der Waals surface area contributed by atoms with E-state index in [9.17, 15) is 9.90 Å². The molecule has 2 rings (SSSR count). The summed E-state index contributed by atoms with van der Waals surface area (Å²) in [7, 11) is 0. The fourth-order valence-corrected chi connectivity index (χ4v) is 2.99. The Kier molecular flexibility index (Phi) is 6.28. The van der Waals surface area contributed by atoms with Crippen molar-refractivity contribution >= 4 is 17.4 Å². The van der Waals surface area contributed by atoms with Crippen molar-refractivity contribution in [2.24, 2.45) is 0 Å². The molecule has 0 saturated carbocycles. The largest absolute Gasteiger partial charge is 0.392 e. The Labute approximate surface area is 139 Å². The number of benzene rings is 1. The predicted molar refractivity (Wildman–Crippen MR) is 95.0 cm³/mol. The van der Waals surface area contributed by atoms with Crippen molar-refractivity contribution in [1.29, 1.82) is 0 Å². The van der Waals surface area contributed by atoms with E-state index in [0.717, 1.165) is 24.5 Å². The minimum absolute atomic E-state index is 0.0340. The summed E-state index contributed by atoms with van der Waals surface area (Å²) in [6.45, 7) is 8.01. The molecular formula is C18H29N3O2. The third-order valence-electron chi connectivity index (χ3n) is 4.19. The highest BCUT2D eigenvalue weighted by Crippen LogP contribution is 2.28. The number of carbonyl (C=O) groups excluding carboxylic acids is 1. The number of piperidine rings is 1. The van der Waals surface area contributed by atoms with Crippen molar-refractivity contribution in [1.82, 2.24) is 4.90 Å². The lowest BCUT2D eigenvalue weighted by molar-refractivity contribution is 0.125. The van der Waals surface area contributed by atoms with Crippen LogP contribution in [-0.4, -0.2) is 47.8 Å². The third-order valence-corrected chi connectivity index (χ3v) is 4.19. The summed E-state index contributed by atoms with van der Waals surface area (Å²) in [4.78, 5) is 16.6. The normalized spacial score (nSPS) is 16.3. The molecule has 0 radical (unpaired) electrons. The Bertz CT molecular complexity index is 511. The van der Waals surface area contributed by atoms with Crippen molar-refractivity contribution < 1.29 is 9.90 Å². The van der Waals surface area contributed by atoms with Gasteiger partial charge in [0.05, 0.1) is 17.5 Å². The quantitative estimate of drug-likeness (QED) is 0.875. The fourth-order valence-electron chi connectivity index (χ4n) is 2.99. The number of hydrogen-bond donors (Lipinski definition) is 2. The molecule has 5 nitrogen and oxygen atoms in total. The van der Waals surface area contributed by atoms with Crippen molar-refractivity contribution in [3.63, 3.8) is 0 Å². The van der Waals surface area contributed by atoms with Gasteiger partial charge < -0.3 is 20.2 Å². The summed E-state index contributed by atoms with van der Waals surface area (Å²) in [6.07, 6.45) is 3.13. The van der Waals surface area contributed by atoms with E-state index in [4.69, 9.17) is 0 Å². The Hall–Kier alpha value is -1.75. The van der Waals surface area contributed by atoms with Gasteiger partial charge >= 0.3 is 6.03 Å². The lowest BCUT2D eigenvalue weighted by atomic mass is 10.1. The molecule has 5 heteroatoms. The van der Waals surface area contributed by atoms with Crippen LogP contribution in [-0.2, 0) is 0 Å². The van der Waals surface area contributed by atoms with Gasteiger partial charge in [0.25, 0.3) is 0 Å². The second kappa shape index (κ2) is 8.20. The zero-order valence-electron chi connectivity index (χ0n) is 14.5. The SMILES string of the molecule is CC(O)CN(C(=O)Nc1ccccc1N1CCCCC1)C(C)C. The minimum Gasteiger partial charge on any atom is -0.392 e. The molecule has 1 aromatic rings. The number of aliphatic hydroxyl groups excluding tert-OH is 1. The molecule has 1 aliphatic rings. The molecule has 1 saturated heterocycles. The molecule has 23 heavy (non-hydrogen) atoms. The fraction of sp³-hybridized carbons (Fsp3) is 0.611. The standard InChI is InChI=1S/C18H29N3O2/c1-14(2)21(13-15(3)22)18(23)19-16-9-5-6-10-17(16)20-11-7-4-8-12-20/h5-6,9-10,14-15,22H,4,7-8,11-13H2,1-3H3,(H,19,23). The Balaban J connectivity index is 2.13.